The second-order valence-corrected chi connectivity index (χ2v) is 3.51. The number of hydrogen-bond acceptors (Lipinski definition) is 2. The van der Waals surface area contributed by atoms with Crippen molar-refractivity contribution in [2.24, 2.45) is 5.92 Å². The third kappa shape index (κ3) is 2.72. The van der Waals surface area contributed by atoms with Gasteiger partial charge in [-0.15, -0.1) is 0 Å². The van der Waals surface area contributed by atoms with Crippen LogP contribution in [0.2, 0.25) is 0 Å². The normalized spacial score (nSPS) is 29.2. The maximum absolute atomic E-state index is 11.1. The Kier molecular flexibility index (Phi) is 3.28. The summed E-state index contributed by atoms with van der Waals surface area (Å²) in [4.78, 5) is 21.8. The van der Waals surface area contributed by atoms with E-state index < -0.39 is 12.0 Å². The molecule has 74 valence electrons. The summed E-state index contributed by atoms with van der Waals surface area (Å²) in [6.45, 7) is 2.03. The van der Waals surface area contributed by atoms with E-state index in [0.717, 1.165) is 12.8 Å². The highest BCUT2D eigenvalue weighted by Crippen LogP contribution is 2.20. The standard InChI is InChI=1S/C9H15NO3/c1-2-6-3-4-8(11)10-7(5-6)9(12)13/h6-7H,2-5H2,1H3,(H,10,11)(H,12,13). The summed E-state index contributed by atoms with van der Waals surface area (Å²) in [6, 6.07) is -0.681. The van der Waals surface area contributed by atoms with Crippen LogP contribution >= 0.6 is 0 Å². The Morgan fingerprint density at radius 1 is 1.69 bits per heavy atom. The molecule has 2 unspecified atom stereocenters. The lowest BCUT2D eigenvalue weighted by molar-refractivity contribution is -0.141. The fourth-order valence-corrected chi connectivity index (χ4v) is 1.65. The van der Waals surface area contributed by atoms with Crippen LogP contribution in [0.25, 0.3) is 0 Å². The minimum Gasteiger partial charge on any atom is -0.480 e. The van der Waals surface area contributed by atoms with Crippen LogP contribution in [0.4, 0.5) is 0 Å². The SMILES string of the molecule is CCC1CCC(=O)NC(C(=O)O)C1. The molecule has 0 radical (unpaired) electrons. The van der Waals surface area contributed by atoms with Crippen LogP contribution in [0, 0.1) is 5.92 Å². The van der Waals surface area contributed by atoms with Crippen LogP contribution in [0.3, 0.4) is 0 Å². The number of carboxylic acids is 1. The van der Waals surface area contributed by atoms with Crippen LogP contribution in [0.15, 0.2) is 0 Å². The highest BCUT2D eigenvalue weighted by molar-refractivity contribution is 5.83. The van der Waals surface area contributed by atoms with Gasteiger partial charge < -0.3 is 10.4 Å². The second kappa shape index (κ2) is 4.25. The lowest BCUT2D eigenvalue weighted by atomic mass is 9.94. The third-order valence-corrected chi connectivity index (χ3v) is 2.56. The van der Waals surface area contributed by atoms with Gasteiger partial charge in [0.25, 0.3) is 0 Å². The van der Waals surface area contributed by atoms with E-state index in [2.05, 4.69) is 5.32 Å². The molecule has 1 amide bonds. The minimum atomic E-state index is -0.922. The highest BCUT2D eigenvalue weighted by Gasteiger charge is 2.26. The zero-order valence-corrected chi connectivity index (χ0v) is 7.75. The van der Waals surface area contributed by atoms with Crippen LogP contribution < -0.4 is 5.32 Å². The lowest BCUT2D eigenvalue weighted by Gasteiger charge is -2.14. The second-order valence-electron chi connectivity index (χ2n) is 3.51. The number of carboxylic acid groups (broad SMARTS) is 1. The molecule has 1 aliphatic heterocycles. The van der Waals surface area contributed by atoms with Gasteiger partial charge in [-0.25, -0.2) is 4.79 Å². The van der Waals surface area contributed by atoms with E-state index >= 15 is 0 Å². The molecule has 0 aromatic carbocycles. The number of nitrogens with one attached hydrogen (secondary N) is 1. The number of aliphatic carboxylic acids is 1. The predicted octanol–water partition coefficient (Wildman–Crippen LogP) is 0.766. The molecule has 0 bridgehead atoms. The monoisotopic (exact) mass is 185 g/mol. The summed E-state index contributed by atoms with van der Waals surface area (Å²) in [5.41, 5.74) is 0. The molecule has 1 fully saturated rings. The molecular formula is C9H15NO3. The van der Waals surface area contributed by atoms with Crippen LogP contribution in [-0.2, 0) is 9.59 Å². The zero-order valence-electron chi connectivity index (χ0n) is 7.75. The van der Waals surface area contributed by atoms with E-state index in [0.29, 0.717) is 18.8 Å². The van der Waals surface area contributed by atoms with Crippen LogP contribution in [-0.4, -0.2) is 23.0 Å². The average molecular weight is 185 g/mol. The molecule has 0 saturated carbocycles. The first-order chi connectivity index (χ1) is 6.13. The first-order valence-corrected chi connectivity index (χ1v) is 4.65. The van der Waals surface area contributed by atoms with Crippen LogP contribution in [0.1, 0.15) is 32.6 Å². The molecular weight excluding hydrogens is 170 g/mol. The first-order valence-electron chi connectivity index (χ1n) is 4.65. The van der Waals surface area contributed by atoms with E-state index in [1.807, 2.05) is 6.92 Å². The van der Waals surface area contributed by atoms with Crippen LogP contribution in [0.5, 0.6) is 0 Å². The van der Waals surface area contributed by atoms with Crippen molar-refractivity contribution in [1.82, 2.24) is 5.32 Å². The smallest absolute Gasteiger partial charge is 0.326 e. The lowest BCUT2D eigenvalue weighted by Crippen LogP contribution is -2.39. The van der Waals surface area contributed by atoms with Crippen molar-refractivity contribution in [3.05, 3.63) is 0 Å². The van der Waals surface area contributed by atoms with Gasteiger partial charge in [0.2, 0.25) is 5.91 Å². The molecule has 1 rings (SSSR count). The molecule has 2 atom stereocenters. The molecule has 0 aromatic rings. The number of carbonyl (C=O) groups is 2. The van der Waals surface area contributed by atoms with Gasteiger partial charge in [-0.05, 0) is 18.8 Å². The van der Waals surface area contributed by atoms with Gasteiger partial charge in [0.15, 0.2) is 0 Å². The molecule has 1 heterocycles. The zero-order chi connectivity index (χ0) is 9.84. The van der Waals surface area contributed by atoms with Crippen molar-refractivity contribution in [3.63, 3.8) is 0 Å². The maximum Gasteiger partial charge on any atom is 0.326 e. The van der Waals surface area contributed by atoms with Crippen molar-refractivity contribution in [2.45, 2.75) is 38.6 Å². The van der Waals surface area contributed by atoms with E-state index in [4.69, 9.17) is 5.11 Å². The van der Waals surface area contributed by atoms with Crippen molar-refractivity contribution in [3.8, 4) is 0 Å². The van der Waals surface area contributed by atoms with E-state index in [9.17, 15) is 9.59 Å². The van der Waals surface area contributed by atoms with Gasteiger partial charge in [-0.2, -0.15) is 0 Å². The number of carbonyl (C=O) groups excluding carboxylic acids is 1. The van der Waals surface area contributed by atoms with Crippen molar-refractivity contribution >= 4 is 11.9 Å². The quantitative estimate of drug-likeness (QED) is 0.667. The predicted molar refractivity (Wildman–Crippen MR) is 47.2 cm³/mol. The Labute approximate surface area is 77.3 Å². The molecule has 1 saturated heterocycles. The number of rotatable bonds is 2. The van der Waals surface area contributed by atoms with Gasteiger partial charge >= 0.3 is 5.97 Å². The van der Waals surface area contributed by atoms with Crippen molar-refractivity contribution in [1.29, 1.82) is 0 Å². The Balaban J connectivity index is 2.62. The Morgan fingerprint density at radius 2 is 2.38 bits per heavy atom. The molecule has 2 N–H and O–H groups in total. The van der Waals surface area contributed by atoms with E-state index in [1.54, 1.807) is 0 Å². The van der Waals surface area contributed by atoms with E-state index in [-0.39, 0.29) is 5.91 Å². The summed E-state index contributed by atoms with van der Waals surface area (Å²) in [5, 5.41) is 11.3. The maximum atomic E-state index is 11.1. The van der Waals surface area contributed by atoms with Gasteiger partial charge in [-0.3, -0.25) is 4.79 Å². The topological polar surface area (TPSA) is 66.4 Å². The minimum absolute atomic E-state index is 0.136. The van der Waals surface area contributed by atoms with Crippen molar-refractivity contribution < 1.29 is 14.7 Å². The highest BCUT2D eigenvalue weighted by atomic mass is 16.4. The van der Waals surface area contributed by atoms with Crippen molar-refractivity contribution in [2.75, 3.05) is 0 Å². The average Bonchev–Trinajstić information content (AvgIpc) is 2.27. The Morgan fingerprint density at radius 3 is 2.92 bits per heavy atom. The fraction of sp³-hybridized carbons (Fsp3) is 0.778. The first kappa shape index (κ1) is 10.0. The summed E-state index contributed by atoms with van der Waals surface area (Å²) >= 11 is 0. The fourth-order valence-electron chi connectivity index (χ4n) is 1.65. The number of amides is 1. The van der Waals surface area contributed by atoms with Gasteiger partial charge in [-0.1, -0.05) is 13.3 Å². The van der Waals surface area contributed by atoms with Gasteiger partial charge in [0.1, 0.15) is 6.04 Å². The molecule has 13 heavy (non-hydrogen) atoms. The summed E-state index contributed by atoms with van der Waals surface area (Å²) < 4.78 is 0. The summed E-state index contributed by atoms with van der Waals surface area (Å²) in [6.07, 6.45) is 2.78. The molecule has 0 spiro atoms. The Hall–Kier alpha value is -1.06. The molecule has 0 aromatic heterocycles. The Bertz CT molecular complexity index is 215. The number of hydrogen-bond donors (Lipinski definition) is 2. The van der Waals surface area contributed by atoms with E-state index in [1.165, 1.54) is 0 Å². The third-order valence-electron chi connectivity index (χ3n) is 2.56. The molecule has 4 heteroatoms. The molecule has 1 aliphatic rings. The summed E-state index contributed by atoms with van der Waals surface area (Å²) in [7, 11) is 0. The van der Waals surface area contributed by atoms with Gasteiger partial charge in [0, 0.05) is 6.42 Å². The molecule has 4 nitrogen and oxygen atoms in total. The largest absolute Gasteiger partial charge is 0.480 e. The summed E-state index contributed by atoms with van der Waals surface area (Å²) in [5.74, 6) is -0.697. The van der Waals surface area contributed by atoms with Gasteiger partial charge in [0.05, 0.1) is 0 Å². The molecule has 0 aliphatic carbocycles.